The minimum absolute atomic E-state index is 0.132. The summed E-state index contributed by atoms with van der Waals surface area (Å²) in [6.07, 6.45) is 5.59. The van der Waals surface area contributed by atoms with Crippen molar-refractivity contribution in [1.82, 2.24) is 4.90 Å². The van der Waals surface area contributed by atoms with Crippen LogP contribution < -0.4 is 0 Å². The molecule has 2 rings (SSSR count). The summed E-state index contributed by atoms with van der Waals surface area (Å²) in [5, 5.41) is 0. The highest BCUT2D eigenvalue weighted by atomic mass is 16.1. The van der Waals surface area contributed by atoms with Crippen LogP contribution in [0.15, 0.2) is 36.4 Å². The van der Waals surface area contributed by atoms with Crippen LogP contribution in [0.4, 0.5) is 0 Å². The lowest BCUT2D eigenvalue weighted by atomic mass is 10.1. The van der Waals surface area contributed by atoms with Crippen LogP contribution in [0.1, 0.15) is 29.3 Å². The van der Waals surface area contributed by atoms with Gasteiger partial charge in [-0.1, -0.05) is 36.4 Å². The minimum Gasteiger partial charge on any atom is -0.295 e. The third-order valence-corrected chi connectivity index (χ3v) is 2.91. The number of hydrogen-bond acceptors (Lipinski definition) is 2. The Morgan fingerprint density at radius 2 is 2.00 bits per heavy atom. The fraction of sp³-hybridized carbons (Fsp3) is 0.357. The first-order valence-electron chi connectivity index (χ1n) is 5.73. The van der Waals surface area contributed by atoms with E-state index in [2.05, 4.69) is 29.2 Å². The number of Topliss-reactive ketones (excluding diaryl/α,β-unsaturated/α-hetero) is 1. The molecule has 2 nitrogen and oxygen atoms in total. The summed E-state index contributed by atoms with van der Waals surface area (Å²) in [5.41, 5.74) is 2.07. The van der Waals surface area contributed by atoms with Crippen molar-refractivity contribution in [2.45, 2.75) is 19.9 Å². The molecule has 1 aromatic carbocycles. The topological polar surface area (TPSA) is 20.3 Å². The Labute approximate surface area is 96.6 Å². The number of carbonyl (C=O) groups excluding carboxylic acids is 1. The maximum Gasteiger partial charge on any atom is 0.159 e. The highest BCUT2D eigenvalue weighted by Gasteiger charge is 2.06. The maximum atomic E-state index is 11.1. The number of carbonyl (C=O) groups is 1. The molecule has 84 valence electrons. The predicted molar refractivity (Wildman–Crippen MR) is 65.5 cm³/mol. The van der Waals surface area contributed by atoms with E-state index in [4.69, 9.17) is 0 Å². The molecule has 0 bridgehead atoms. The summed E-state index contributed by atoms with van der Waals surface area (Å²) in [4.78, 5) is 13.5. The maximum absolute atomic E-state index is 11.1. The van der Waals surface area contributed by atoms with Crippen molar-refractivity contribution in [3.8, 4) is 0 Å². The van der Waals surface area contributed by atoms with E-state index < -0.39 is 0 Å². The van der Waals surface area contributed by atoms with Gasteiger partial charge >= 0.3 is 0 Å². The van der Waals surface area contributed by atoms with Gasteiger partial charge in [0, 0.05) is 25.2 Å². The molecule has 0 radical (unpaired) electrons. The van der Waals surface area contributed by atoms with Crippen LogP contribution in [0, 0.1) is 0 Å². The summed E-state index contributed by atoms with van der Waals surface area (Å²) < 4.78 is 0. The Hall–Kier alpha value is -1.41. The number of rotatable bonds is 3. The minimum atomic E-state index is 0.132. The lowest BCUT2D eigenvalue weighted by Crippen LogP contribution is -2.26. The molecule has 0 saturated carbocycles. The molecule has 0 aliphatic carbocycles. The first-order chi connectivity index (χ1) is 7.75. The van der Waals surface area contributed by atoms with Gasteiger partial charge in [0.1, 0.15) is 0 Å². The van der Waals surface area contributed by atoms with Crippen molar-refractivity contribution in [1.29, 1.82) is 0 Å². The number of hydrogen-bond donors (Lipinski definition) is 0. The second-order valence-electron chi connectivity index (χ2n) is 4.25. The van der Waals surface area contributed by atoms with Crippen molar-refractivity contribution >= 4 is 5.78 Å². The smallest absolute Gasteiger partial charge is 0.159 e. The second-order valence-corrected chi connectivity index (χ2v) is 4.25. The molecular weight excluding hydrogens is 198 g/mol. The molecule has 0 N–H and O–H groups in total. The first kappa shape index (κ1) is 11.1. The summed E-state index contributed by atoms with van der Waals surface area (Å²) in [6, 6.07) is 7.93. The predicted octanol–water partition coefficient (Wildman–Crippen LogP) is 2.65. The molecule has 1 aromatic rings. The van der Waals surface area contributed by atoms with E-state index in [-0.39, 0.29) is 5.78 Å². The van der Waals surface area contributed by atoms with Crippen LogP contribution in [-0.2, 0) is 6.54 Å². The monoisotopic (exact) mass is 215 g/mol. The zero-order chi connectivity index (χ0) is 11.4. The zero-order valence-corrected chi connectivity index (χ0v) is 9.65. The molecule has 0 aromatic heterocycles. The molecule has 1 aliphatic heterocycles. The summed E-state index contributed by atoms with van der Waals surface area (Å²) >= 11 is 0. The largest absolute Gasteiger partial charge is 0.295 e. The first-order valence-corrected chi connectivity index (χ1v) is 5.73. The van der Waals surface area contributed by atoms with Gasteiger partial charge in [0.2, 0.25) is 0 Å². The van der Waals surface area contributed by atoms with E-state index in [0.717, 1.165) is 31.6 Å². The normalized spacial score (nSPS) is 16.3. The van der Waals surface area contributed by atoms with Gasteiger partial charge in [-0.2, -0.15) is 0 Å². The Bertz CT molecular complexity index is 392. The van der Waals surface area contributed by atoms with Crippen LogP contribution in [0.2, 0.25) is 0 Å². The van der Waals surface area contributed by atoms with Gasteiger partial charge in [-0.05, 0) is 18.9 Å². The molecule has 0 atom stereocenters. The van der Waals surface area contributed by atoms with Crippen LogP contribution in [-0.4, -0.2) is 23.8 Å². The fourth-order valence-corrected chi connectivity index (χ4v) is 1.94. The van der Waals surface area contributed by atoms with E-state index in [0.29, 0.717) is 0 Å². The van der Waals surface area contributed by atoms with Crippen molar-refractivity contribution in [2.75, 3.05) is 13.1 Å². The fourth-order valence-electron chi connectivity index (χ4n) is 1.94. The molecule has 0 unspecified atom stereocenters. The van der Waals surface area contributed by atoms with E-state index >= 15 is 0 Å². The average Bonchev–Trinajstić information content (AvgIpc) is 2.31. The van der Waals surface area contributed by atoms with E-state index in [1.165, 1.54) is 5.56 Å². The number of nitrogens with zero attached hydrogens (tertiary/aromatic N) is 1. The van der Waals surface area contributed by atoms with E-state index in [1.54, 1.807) is 6.92 Å². The Morgan fingerprint density at radius 3 is 2.56 bits per heavy atom. The van der Waals surface area contributed by atoms with Crippen LogP contribution >= 0.6 is 0 Å². The van der Waals surface area contributed by atoms with E-state index in [1.807, 2.05) is 12.1 Å². The van der Waals surface area contributed by atoms with Crippen LogP contribution in [0.5, 0.6) is 0 Å². The van der Waals surface area contributed by atoms with Crippen molar-refractivity contribution < 1.29 is 4.79 Å². The summed E-state index contributed by atoms with van der Waals surface area (Å²) in [7, 11) is 0. The van der Waals surface area contributed by atoms with Gasteiger partial charge in [-0.25, -0.2) is 0 Å². The van der Waals surface area contributed by atoms with E-state index in [9.17, 15) is 4.79 Å². The standard InChI is InChI=1S/C14H17NO/c1-12(16)14-7-5-13(6-8-14)11-15-9-3-2-4-10-15/h2-3,5-8H,4,9-11H2,1H3. The molecular formula is C14H17NO. The zero-order valence-electron chi connectivity index (χ0n) is 9.65. The van der Waals surface area contributed by atoms with Gasteiger partial charge in [0.25, 0.3) is 0 Å². The second kappa shape index (κ2) is 5.08. The highest BCUT2D eigenvalue weighted by molar-refractivity contribution is 5.93. The Kier molecular flexibility index (Phi) is 3.52. The van der Waals surface area contributed by atoms with Gasteiger partial charge in [-0.3, -0.25) is 9.69 Å². The highest BCUT2D eigenvalue weighted by Crippen LogP contribution is 2.10. The van der Waals surface area contributed by atoms with Crippen molar-refractivity contribution in [2.24, 2.45) is 0 Å². The Balaban J connectivity index is 1.99. The molecule has 0 spiro atoms. The molecule has 16 heavy (non-hydrogen) atoms. The molecule has 1 heterocycles. The van der Waals surface area contributed by atoms with Gasteiger partial charge in [0.05, 0.1) is 0 Å². The SMILES string of the molecule is CC(=O)c1ccc(CN2CC=CCC2)cc1. The van der Waals surface area contributed by atoms with Crippen molar-refractivity contribution in [3.63, 3.8) is 0 Å². The van der Waals surface area contributed by atoms with Crippen LogP contribution in [0.25, 0.3) is 0 Å². The lowest BCUT2D eigenvalue weighted by Gasteiger charge is -2.22. The third kappa shape index (κ3) is 2.80. The third-order valence-electron chi connectivity index (χ3n) is 2.91. The molecule has 0 saturated heterocycles. The van der Waals surface area contributed by atoms with Gasteiger partial charge in [-0.15, -0.1) is 0 Å². The quantitative estimate of drug-likeness (QED) is 0.570. The lowest BCUT2D eigenvalue weighted by molar-refractivity contribution is 0.101. The average molecular weight is 215 g/mol. The molecule has 0 amide bonds. The van der Waals surface area contributed by atoms with Crippen molar-refractivity contribution in [3.05, 3.63) is 47.5 Å². The Morgan fingerprint density at radius 1 is 1.25 bits per heavy atom. The molecule has 0 fully saturated rings. The number of ketones is 1. The van der Waals surface area contributed by atoms with Gasteiger partial charge in [0.15, 0.2) is 5.78 Å². The summed E-state index contributed by atoms with van der Waals surface area (Å²) in [5.74, 6) is 0.132. The molecule has 2 heteroatoms. The van der Waals surface area contributed by atoms with Crippen LogP contribution in [0.3, 0.4) is 0 Å². The number of benzene rings is 1. The van der Waals surface area contributed by atoms with Gasteiger partial charge < -0.3 is 0 Å². The summed E-state index contributed by atoms with van der Waals surface area (Å²) in [6.45, 7) is 4.74. The molecule has 1 aliphatic rings.